The van der Waals surface area contributed by atoms with Gasteiger partial charge in [0.1, 0.15) is 11.9 Å². The minimum absolute atomic E-state index is 0.0938. The zero-order valence-electron chi connectivity index (χ0n) is 18.6. The van der Waals surface area contributed by atoms with E-state index in [9.17, 15) is 18.8 Å². The number of rotatable bonds is 9. The van der Waals surface area contributed by atoms with E-state index in [2.05, 4.69) is 10.6 Å². The van der Waals surface area contributed by atoms with Crippen molar-refractivity contribution in [3.63, 3.8) is 0 Å². The van der Waals surface area contributed by atoms with Crippen molar-refractivity contribution < 1.29 is 18.8 Å². The average Bonchev–Trinajstić information content (AvgIpc) is 2.83. The van der Waals surface area contributed by atoms with E-state index in [1.165, 1.54) is 24.3 Å². The van der Waals surface area contributed by atoms with Crippen LogP contribution in [-0.2, 0) is 9.59 Å². The quantitative estimate of drug-likeness (QED) is 0.586. The van der Waals surface area contributed by atoms with Gasteiger partial charge in [0.15, 0.2) is 0 Å². The van der Waals surface area contributed by atoms with Gasteiger partial charge in [-0.05, 0) is 54.8 Å². The van der Waals surface area contributed by atoms with Crippen LogP contribution in [0.3, 0.4) is 0 Å². The third-order valence-electron chi connectivity index (χ3n) is 5.43. The Bertz CT molecular complexity index is 934. The van der Waals surface area contributed by atoms with Gasteiger partial charge >= 0.3 is 0 Å². The second-order valence-corrected chi connectivity index (χ2v) is 8.82. The highest BCUT2D eigenvalue weighted by molar-refractivity contribution is 7.98. The minimum atomic E-state index is -0.585. The minimum Gasteiger partial charge on any atom is -0.340 e. The molecule has 0 aliphatic carbocycles. The molecule has 0 radical (unpaired) electrons. The van der Waals surface area contributed by atoms with Crippen LogP contribution in [0.25, 0.3) is 0 Å². The molecule has 176 valence electrons. The predicted octanol–water partition coefficient (Wildman–Crippen LogP) is 2.46. The molecule has 3 rings (SSSR count). The number of halogens is 1. The molecule has 0 spiro atoms. The van der Waals surface area contributed by atoms with Crippen LogP contribution >= 0.6 is 11.8 Å². The summed E-state index contributed by atoms with van der Waals surface area (Å²) in [5.41, 5.74) is 1.07. The molecule has 1 aliphatic heterocycles. The van der Waals surface area contributed by atoms with Gasteiger partial charge in [-0.1, -0.05) is 18.2 Å². The molecule has 1 aliphatic rings. The normalized spacial score (nSPS) is 15.0. The molecule has 2 aromatic rings. The van der Waals surface area contributed by atoms with Gasteiger partial charge in [0.2, 0.25) is 11.8 Å². The molecule has 1 unspecified atom stereocenters. The van der Waals surface area contributed by atoms with Gasteiger partial charge in [-0.3, -0.25) is 19.3 Å². The Labute approximate surface area is 197 Å². The number of hydrogen-bond donors (Lipinski definition) is 2. The third kappa shape index (κ3) is 7.57. The first-order valence-corrected chi connectivity index (χ1v) is 12.3. The zero-order valence-corrected chi connectivity index (χ0v) is 19.4. The van der Waals surface area contributed by atoms with Crippen LogP contribution in [0.2, 0.25) is 0 Å². The number of carbonyl (C=O) groups excluding carboxylic acids is 3. The Hall–Kier alpha value is -2.91. The van der Waals surface area contributed by atoms with Crippen LogP contribution < -0.4 is 10.6 Å². The third-order valence-corrected chi connectivity index (χ3v) is 6.07. The highest BCUT2D eigenvalue weighted by Gasteiger charge is 2.29. The van der Waals surface area contributed by atoms with E-state index in [0.29, 0.717) is 43.9 Å². The standard InChI is InChI=1S/C24H29FN4O3S/c1-33-16-11-21(27-23(31)18-5-3-2-4-6-18)24(32)29-14-12-28(13-15-29)17-22(30)26-20-9-7-19(25)8-10-20/h2-10,21H,11-17H2,1H3,(H,26,30)(H,27,31). The van der Waals surface area contributed by atoms with Gasteiger partial charge < -0.3 is 15.5 Å². The number of thioether (sulfide) groups is 1. The van der Waals surface area contributed by atoms with Crippen molar-refractivity contribution in [1.29, 1.82) is 0 Å². The van der Waals surface area contributed by atoms with E-state index >= 15 is 0 Å². The zero-order chi connectivity index (χ0) is 23.6. The van der Waals surface area contributed by atoms with Gasteiger partial charge in [0.05, 0.1) is 6.54 Å². The summed E-state index contributed by atoms with van der Waals surface area (Å²) in [7, 11) is 0. The summed E-state index contributed by atoms with van der Waals surface area (Å²) in [4.78, 5) is 41.7. The maximum atomic E-state index is 13.1. The number of hydrogen-bond acceptors (Lipinski definition) is 5. The van der Waals surface area contributed by atoms with Crippen LogP contribution in [0.15, 0.2) is 54.6 Å². The van der Waals surface area contributed by atoms with Crippen LogP contribution in [0, 0.1) is 5.82 Å². The van der Waals surface area contributed by atoms with E-state index in [1.807, 2.05) is 17.2 Å². The molecule has 0 bridgehead atoms. The van der Waals surface area contributed by atoms with Crippen molar-refractivity contribution in [3.8, 4) is 0 Å². The lowest BCUT2D eigenvalue weighted by Crippen LogP contribution is -2.55. The van der Waals surface area contributed by atoms with Crippen molar-refractivity contribution >= 4 is 35.2 Å². The fraction of sp³-hybridized carbons (Fsp3) is 0.375. The Kier molecular flexibility index (Phi) is 9.26. The number of nitrogens with one attached hydrogen (secondary N) is 2. The molecule has 7 nitrogen and oxygen atoms in total. The van der Waals surface area contributed by atoms with Crippen molar-refractivity contribution in [2.45, 2.75) is 12.5 Å². The highest BCUT2D eigenvalue weighted by atomic mass is 32.2. The predicted molar refractivity (Wildman–Crippen MR) is 129 cm³/mol. The molecule has 1 saturated heterocycles. The number of anilines is 1. The van der Waals surface area contributed by atoms with Gasteiger partial charge in [-0.25, -0.2) is 4.39 Å². The lowest BCUT2D eigenvalue weighted by molar-refractivity contribution is -0.135. The topological polar surface area (TPSA) is 81.8 Å². The van der Waals surface area contributed by atoms with E-state index in [1.54, 1.807) is 40.9 Å². The fourth-order valence-electron chi connectivity index (χ4n) is 3.61. The van der Waals surface area contributed by atoms with Crippen LogP contribution in [-0.4, -0.2) is 78.3 Å². The van der Waals surface area contributed by atoms with E-state index < -0.39 is 6.04 Å². The molecule has 1 atom stereocenters. The summed E-state index contributed by atoms with van der Waals surface area (Å²) in [6.45, 7) is 2.29. The highest BCUT2D eigenvalue weighted by Crippen LogP contribution is 2.11. The molecule has 3 amide bonds. The average molecular weight is 473 g/mol. The second kappa shape index (κ2) is 12.4. The summed E-state index contributed by atoms with van der Waals surface area (Å²) in [5, 5.41) is 5.64. The molecule has 0 saturated carbocycles. The van der Waals surface area contributed by atoms with Gasteiger partial charge in [0, 0.05) is 37.4 Å². The van der Waals surface area contributed by atoms with Gasteiger partial charge in [-0.2, -0.15) is 11.8 Å². The molecule has 1 fully saturated rings. The van der Waals surface area contributed by atoms with Crippen molar-refractivity contribution in [1.82, 2.24) is 15.1 Å². The molecule has 1 heterocycles. The molecular formula is C24H29FN4O3S. The summed E-state index contributed by atoms with van der Waals surface area (Å²) >= 11 is 1.63. The molecule has 2 N–H and O–H groups in total. The number of piperazine rings is 1. The Balaban J connectivity index is 1.50. The number of carbonyl (C=O) groups is 3. The number of benzene rings is 2. The smallest absolute Gasteiger partial charge is 0.251 e. The Morgan fingerprint density at radius 1 is 1.00 bits per heavy atom. The molecule has 9 heteroatoms. The number of nitrogens with zero attached hydrogens (tertiary/aromatic N) is 2. The molecule has 0 aromatic heterocycles. The summed E-state index contributed by atoms with van der Waals surface area (Å²) in [6.07, 6.45) is 2.52. The Morgan fingerprint density at radius 2 is 1.67 bits per heavy atom. The monoisotopic (exact) mass is 472 g/mol. The maximum Gasteiger partial charge on any atom is 0.251 e. The molecule has 2 aromatic carbocycles. The lowest BCUT2D eigenvalue weighted by Gasteiger charge is -2.36. The maximum absolute atomic E-state index is 13.1. The summed E-state index contributed by atoms with van der Waals surface area (Å²) in [5.74, 6) is -0.136. The SMILES string of the molecule is CSCCC(NC(=O)c1ccccc1)C(=O)N1CCN(CC(=O)Nc2ccc(F)cc2)CC1. The van der Waals surface area contributed by atoms with E-state index in [0.717, 1.165) is 5.75 Å². The number of amides is 3. The lowest BCUT2D eigenvalue weighted by atomic mass is 10.1. The van der Waals surface area contributed by atoms with Crippen molar-refractivity contribution in [2.24, 2.45) is 0 Å². The molecule has 33 heavy (non-hydrogen) atoms. The summed E-state index contributed by atoms with van der Waals surface area (Å²) in [6, 6.07) is 13.9. The van der Waals surface area contributed by atoms with E-state index in [4.69, 9.17) is 0 Å². The first kappa shape index (κ1) is 24.7. The van der Waals surface area contributed by atoms with Crippen molar-refractivity contribution in [2.75, 3.05) is 50.0 Å². The van der Waals surface area contributed by atoms with Crippen LogP contribution in [0.4, 0.5) is 10.1 Å². The first-order chi connectivity index (χ1) is 16.0. The second-order valence-electron chi connectivity index (χ2n) is 7.83. The van der Waals surface area contributed by atoms with Crippen molar-refractivity contribution in [3.05, 3.63) is 66.0 Å². The van der Waals surface area contributed by atoms with Gasteiger partial charge in [0.25, 0.3) is 5.91 Å². The van der Waals surface area contributed by atoms with E-state index in [-0.39, 0.29) is 30.1 Å². The first-order valence-electron chi connectivity index (χ1n) is 10.9. The van der Waals surface area contributed by atoms with Crippen LogP contribution in [0.1, 0.15) is 16.8 Å². The largest absolute Gasteiger partial charge is 0.340 e. The summed E-state index contributed by atoms with van der Waals surface area (Å²) < 4.78 is 13.0. The van der Waals surface area contributed by atoms with Gasteiger partial charge in [-0.15, -0.1) is 0 Å². The van der Waals surface area contributed by atoms with Crippen LogP contribution in [0.5, 0.6) is 0 Å². The molecular weight excluding hydrogens is 443 g/mol. The fourth-order valence-corrected chi connectivity index (χ4v) is 4.08. The Morgan fingerprint density at radius 3 is 2.30 bits per heavy atom.